The molecule has 22 heavy (non-hydrogen) atoms. The van der Waals surface area contributed by atoms with E-state index >= 15 is 0 Å². The van der Waals surface area contributed by atoms with Crippen LogP contribution in [-0.2, 0) is 6.54 Å². The highest BCUT2D eigenvalue weighted by molar-refractivity contribution is 5.94. The summed E-state index contributed by atoms with van der Waals surface area (Å²) < 4.78 is 15.6. The summed E-state index contributed by atoms with van der Waals surface area (Å²) in [5.41, 5.74) is 1.24. The molecule has 1 heterocycles. The van der Waals surface area contributed by atoms with Gasteiger partial charge in [-0.25, -0.2) is 4.39 Å². The summed E-state index contributed by atoms with van der Waals surface area (Å²) in [7, 11) is 0. The lowest BCUT2D eigenvalue weighted by molar-refractivity contribution is 0.0958. The Balaban J connectivity index is 2.06. The number of nitrogens with zero attached hydrogens (tertiary/aromatic N) is 2. The number of Topliss-reactive ketones (excluding diaryl/α,β-unsaturated/α-hetero) is 1. The van der Waals surface area contributed by atoms with Gasteiger partial charge in [0.25, 0.3) is 0 Å². The lowest BCUT2D eigenvalue weighted by Gasteiger charge is -2.17. The highest BCUT2D eigenvalue weighted by Crippen LogP contribution is 2.13. The number of halogens is 1. The number of hydrogen-bond acceptors (Lipinski definition) is 2. The fourth-order valence-corrected chi connectivity index (χ4v) is 2.54. The average Bonchev–Trinajstić information content (AvgIpc) is 2.98. The van der Waals surface area contributed by atoms with Crippen molar-refractivity contribution in [3.05, 3.63) is 59.7 Å². The minimum Gasteiger partial charge on any atom is -0.341 e. The summed E-state index contributed by atoms with van der Waals surface area (Å²) in [5.74, 6) is -0.133. The van der Waals surface area contributed by atoms with Crippen LogP contribution in [0.15, 0.2) is 42.6 Å². The Hall–Kier alpha value is -1.94. The summed E-state index contributed by atoms with van der Waals surface area (Å²) >= 11 is 0. The summed E-state index contributed by atoms with van der Waals surface area (Å²) in [4.78, 5) is 14.6. The number of carbonyl (C=O) groups excluding carboxylic acids is 1. The van der Waals surface area contributed by atoms with Crippen molar-refractivity contribution in [2.75, 3.05) is 19.6 Å². The molecular weight excluding hydrogens is 279 g/mol. The van der Waals surface area contributed by atoms with E-state index in [0.717, 1.165) is 19.6 Å². The quantitative estimate of drug-likeness (QED) is 0.696. The van der Waals surface area contributed by atoms with E-state index < -0.39 is 0 Å². The van der Waals surface area contributed by atoms with E-state index in [1.54, 1.807) is 12.1 Å². The van der Waals surface area contributed by atoms with Crippen LogP contribution in [0.2, 0.25) is 0 Å². The second-order valence-corrected chi connectivity index (χ2v) is 5.31. The fraction of sp³-hybridized carbons (Fsp3) is 0.389. The van der Waals surface area contributed by atoms with Gasteiger partial charge in [-0.15, -0.1) is 0 Å². The molecule has 4 heteroatoms. The molecule has 0 aliphatic heterocycles. The molecule has 0 radical (unpaired) electrons. The highest BCUT2D eigenvalue weighted by atomic mass is 19.1. The molecule has 0 saturated heterocycles. The van der Waals surface area contributed by atoms with Crippen molar-refractivity contribution < 1.29 is 9.18 Å². The molecule has 3 nitrogen and oxygen atoms in total. The van der Waals surface area contributed by atoms with E-state index in [-0.39, 0.29) is 11.6 Å². The normalized spacial score (nSPS) is 11.1. The molecule has 0 aliphatic carbocycles. The van der Waals surface area contributed by atoms with Crippen molar-refractivity contribution in [1.29, 1.82) is 0 Å². The van der Waals surface area contributed by atoms with E-state index in [2.05, 4.69) is 18.7 Å². The minimum absolute atomic E-state index is 0.105. The van der Waals surface area contributed by atoms with Crippen LogP contribution in [0.1, 0.15) is 36.3 Å². The first-order chi connectivity index (χ1) is 10.7. The van der Waals surface area contributed by atoms with Crippen molar-refractivity contribution in [1.82, 2.24) is 9.47 Å². The zero-order valence-electron chi connectivity index (χ0n) is 13.3. The van der Waals surface area contributed by atoms with Crippen molar-refractivity contribution in [3.8, 4) is 0 Å². The maximum absolute atomic E-state index is 13.8. The zero-order valence-corrected chi connectivity index (χ0v) is 13.3. The Morgan fingerprint density at radius 3 is 2.55 bits per heavy atom. The molecule has 0 amide bonds. The Morgan fingerprint density at radius 1 is 1.14 bits per heavy atom. The largest absolute Gasteiger partial charge is 0.341 e. The van der Waals surface area contributed by atoms with Crippen molar-refractivity contribution in [2.45, 2.75) is 26.8 Å². The number of carbonyl (C=O) groups is 1. The molecule has 2 rings (SSSR count). The lowest BCUT2D eigenvalue weighted by atomic mass is 10.1. The van der Waals surface area contributed by atoms with Crippen LogP contribution >= 0.6 is 0 Å². The van der Waals surface area contributed by atoms with Gasteiger partial charge in [0, 0.05) is 24.7 Å². The van der Waals surface area contributed by atoms with E-state index in [1.807, 2.05) is 29.0 Å². The van der Waals surface area contributed by atoms with E-state index in [1.165, 1.54) is 6.07 Å². The molecule has 0 saturated carbocycles. The second kappa shape index (κ2) is 7.90. The van der Waals surface area contributed by atoms with Crippen LogP contribution in [0.25, 0.3) is 0 Å². The predicted molar refractivity (Wildman–Crippen MR) is 86.7 cm³/mol. The maximum atomic E-state index is 13.8. The third-order valence-electron chi connectivity index (χ3n) is 3.96. The molecule has 0 bridgehead atoms. The first-order valence-corrected chi connectivity index (χ1v) is 7.79. The highest BCUT2D eigenvalue weighted by Gasteiger charge is 2.13. The Labute approximate surface area is 131 Å². The van der Waals surface area contributed by atoms with Crippen LogP contribution < -0.4 is 0 Å². The van der Waals surface area contributed by atoms with Crippen LogP contribution in [-0.4, -0.2) is 34.9 Å². The first-order valence-electron chi connectivity index (χ1n) is 7.79. The van der Waals surface area contributed by atoms with Crippen LogP contribution in [0, 0.1) is 5.82 Å². The van der Waals surface area contributed by atoms with Gasteiger partial charge in [0.1, 0.15) is 5.82 Å². The van der Waals surface area contributed by atoms with Gasteiger partial charge in [-0.3, -0.25) is 4.79 Å². The fourth-order valence-electron chi connectivity index (χ4n) is 2.54. The molecule has 2 aromatic rings. The molecule has 0 unspecified atom stereocenters. The van der Waals surface area contributed by atoms with Gasteiger partial charge in [0.2, 0.25) is 0 Å². The van der Waals surface area contributed by atoms with E-state index in [4.69, 9.17) is 0 Å². The average molecular weight is 302 g/mol. The van der Waals surface area contributed by atoms with Gasteiger partial charge >= 0.3 is 0 Å². The van der Waals surface area contributed by atoms with Gasteiger partial charge in [0.15, 0.2) is 5.78 Å². The Morgan fingerprint density at radius 2 is 1.86 bits per heavy atom. The first kappa shape index (κ1) is 16.4. The summed E-state index contributed by atoms with van der Waals surface area (Å²) in [6, 6.07) is 10.3. The van der Waals surface area contributed by atoms with Crippen LogP contribution in [0.5, 0.6) is 0 Å². The maximum Gasteiger partial charge on any atom is 0.180 e. The molecule has 0 atom stereocenters. The number of rotatable bonds is 8. The number of ketones is 1. The number of hydrogen-bond donors (Lipinski definition) is 0. The number of aromatic nitrogens is 1. The van der Waals surface area contributed by atoms with Gasteiger partial charge in [-0.05, 0) is 31.3 Å². The van der Waals surface area contributed by atoms with Crippen molar-refractivity contribution in [3.63, 3.8) is 0 Å². The van der Waals surface area contributed by atoms with Gasteiger partial charge in [0.05, 0.1) is 12.2 Å². The third-order valence-corrected chi connectivity index (χ3v) is 3.96. The van der Waals surface area contributed by atoms with E-state index in [0.29, 0.717) is 24.2 Å². The SMILES string of the molecule is CCN(CC)CCC(=O)c1cccn1Cc1ccccc1F. The molecule has 118 valence electrons. The molecule has 0 aliphatic rings. The molecule has 1 aromatic heterocycles. The second-order valence-electron chi connectivity index (χ2n) is 5.31. The van der Waals surface area contributed by atoms with Crippen LogP contribution in [0.3, 0.4) is 0 Å². The lowest BCUT2D eigenvalue weighted by Crippen LogP contribution is -2.26. The van der Waals surface area contributed by atoms with E-state index in [9.17, 15) is 9.18 Å². The standard InChI is InChI=1S/C18H23FN2O/c1-3-20(4-2)13-11-18(22)17-10-7-12-21(17)14-15-8-5-6-9-16(15)19/h5-10,12H,3-4,11,13-14H2,1-2H3. The van der Waals surface area contributed by atoms with Crippen molar-refractivity contribution >= 4 is 5.78 Å². The smallest absolute Gasteiger partial charge is 0.180 e. The molecule has 0 spiro atoms. The van der Waals surface area contributed by atoms with Gasteiger partial charge < -0.3 is 9.47 Å². The zero-order chi connectivity index (χ0) is 15.9. The summed E-state index contributed by atoms with van der Waals surface area (Å²) in [6.45, 7) is 7.21. The number of benzene rings is 1. The third kappa shape index (κ3) is 4.04. The monoisotopic (exact) mass is 302 g/mol. The molecule has 0 fully saturated rings. The summed E-state index contributed by atoms with van der Waals surface area (Å²) in [6.07, 6.45) is 2.32. The molecule has 1 aromatic carbocycles. The predicted octanol–water partition coefficient (Wildman–Crippen LogP) is 3.59. The minimum atomic E-state index is -0.238. The Bertz CT molecular complexity index is 617. The summed E-state index contributed by atoms with van der Waals surface area (Å²) in [5, 5.41) is 0. The van der Waals surface area contributed by atoms with Crippen molar-refractivity contribution in [2.24, 2.45) is 0 Å². The van der Waals surface area contributed by atoms with Gasteiger partial charge in [-0.1, -0.05) is 32.0 Å². The Kier molecular flexibility index (Phi) is 5.90. The topological polar surface area (TPSA) is 25.2 Å². The van der Waals surface area contributed by atoms with Gasteiger partial charge in [-0.2, -0.15) is 0 Å². The molecular formula is C18H23FN2O. The van der Waals surface area contributed by atoms with Crippen LogP contribution in [0.4, 0.5) is 4.39 Å². The molecule has 0 N–H and O–H groups in total.